The first-order chi connectivity index (χ1) is 44.1. The fourth-order valence-corrected chi connectivity index (χ4v) is 28.9. The standard InChI is InChI=1S/C78H98N2O11/c1-44(47-15-8-5-9-16-47)29-52-33-53-34-54-38-72(24-10-11-25-72)41-73(54)37-51-36-70(2)75(57-23-28-87-61(57)35-56(60(82)40-81)49-20-21-55-50(32-49)22-27-80-43-79-39-59(55)80)26-12-17-48-19-18-46(30-45-13-6-4-7-14-45)31-58(48)76(78(70)67(89-78)69(86)90-75)63(51)74-42-88-68(85)65(73)77(53,74)91-71(52,3)64(74)62(83)66(76)84/h4,6-7,13-14,22-23,27-28,33,44,46-52,54-56,58-60,63-67,79,81-82,84H,5,8-11,15-16,18-21,24-26,29-32,34-43H2,1-3H3. The summed E-state index contributed by atoms with van der Waals surface area (Å²) in [6, 6.07) is 13.2. The molecule has 486 valence electrons. The summed E-state index contributed by atoms with van der Waals surface area (Å²) in [6.07, 6.45) is 27.6. The normalized spacial score (nSPS) is 50.4. The van der Waals surface area contributed by atoms with Gasteiger partial charge in [-0.2, -0.15) is 0 Å². The van der Waals surface area contributed by atoms with Gasteiger partial charge in [-0.15, -0.1) is 0 Å². The zero-order valence-corrected chi connectivity index (χ0v) is 54.1. The number of carbonyl (C=O) groups excluding carboxylic acids is 3. The van der Waals surface area contributed by atoms with Gasteiger partial charge < -0.3 is 43.6 Å². The Morgan fingerprint density at radius 2 is 1.74 bits per heavy atom. The number of carbonyl (C=O) groups is 3. The number of nitrogens with zero attached hydrogens (tertiary/aromatic N) is 1. The number of hydrogen-bond acceptors (Lipinski definition) is 13. The fourth-order valence-electron chi connectivity index (χ4n) is 28.9. The Hall–Kier alpha value is -4.29. The lowest BCUT2D eigenvalue weighted by molar-refractivity contribution is -0.315. The molecular weight excluding hydrogens is 1140 g/mol. The van der Waals surface area contributed by atoms with E-state index in [0.717, 1.165) is 96.7 Å². The second-order valence-corrected chi connectivity index (χ2v) is 34.8. The third-order valence-electron chi connectivity index (χ3n) is 31.7. The van der Waals surface area contributed by atoms with Gasteiger partial charge in [0.1, 0.15) is 29.7 Å². The van der Waals surface area contributed by atoms with E-state index in [4.69, 9.17) is 23.4 Å². The number of ketones is 1. The molecule has 0 amide bonds. The van der Waals surface area contributed by atoms with Crippen LogP contribution in [0.25, 0.3) is 0 Å². The number of aliphatic hydroxyl groups is 3. The number of furan rings is 1. The minimum Gasteiger partial charge on any atom is -0.469 e. The van der Waals surface area contributed by atoms with E-state index >= 15 is 19.5 Å². The number of esters is 2. The highest BCUT2D eigenvalue weighted by atomic mass is 16.7. The van der Waals surface area contributed by atoms with Crippen molar-refractivity contribution >= 4 is 17.7 Å². The Labute approximate surface area is 537 Å². The molecule has 26 unspecified atom stereocenters. The summed E-state index contributed by atoms with van der Waals surface area (Å²) in [7, 11) is 0. The van der Waals surface area contributed by atoms with E-state index < -0.39 is 98.6 Å². The highest BCUT2D eigenvalue weighted by molar-refractivity contribution is 5.94. The largest absolute Gasteiger partial charge is 0.469 e. The van der Waals surface area contributed by atoms with E-state index in [-0.39, 0.29) is 71.6 Å². The first-order valence-electron chi connectivity index (χ1n) is 36.8. The number of hydrogen-bond donors (Lipinski definition) is 4. The van der Waals surface area contributed by atoms with Crippen molar-refractivity contribution in [1.82, 2.24) is 10.2 Å². The summed E-state index contributed by atoms with van der Waals surface area (Å²) < 4.78 is 37.9. The van der Waals surface area contributed by atoms with Crippen LogP contribution in [0.5, 0.6) is 0 Å². The molecule has 17 aliphatic rings. The van der Waals surface area contributed by atoms with Crippen LogP contribution in [0.15, 0.2) is 71.0 Å². The summed E-state index contributed by atoms with van der Waals surface area (Å²) in [6.45, 7) is 8.46. The third kappa shape index (κ3) is 7.06. The second-order valence-electron chi connectivity index (χ2n) is 34.8. The van der Waals surface area contributed by atoms with Crippen LogP contribution in [-0.2, 0) is 51.8 Å². The molecule has 9 bridgehead atoms. The van der Waals surface area contributed by atoms with Crippen LogP contribution < -0.4 is 5.32 Å². The van der Waals surface area contributed by atoms with Crippen molar-refractivity contribution in [3.05, 3.63) is 83.5 Å². The molecule has 6 spiro atoms. The number of aliphatic hydroxyl groups excluding tert-OH is 3. The molecule has 19 rings (SSSR count). The van der Waals surface area contributed by atoms with Crippen LogP contribution in [0.4, 0.5) is 0 Å². The van der Waals surface area contributed by atoms with E-state index in [2.05, 4.69) is 91.5 Å². The zero-order valence-electron chi connectivity index (χ0n) is 54.1. The maximum atomic E-state index is 17.8. The van der Waals surface area contributed by atoms with Gasteiger partial charge in [0.05, 0.1) is 54.9 Å². The lowest BCUT2D eigenvalue weighted by atomic mass is 9.28. The molecule has 1 aromatic heterocycles. The van der Waals surface area contributed by atoms with Gasteiger partial charge in [0.25, 0.3) is 0 Å². The number of ether oxygens (including phenoxy) is 4. The van der Waals surface area contributed by atoms with Gasteiger partial charge in [-0.3, -0.25) is 14.9 Å². The van der Waals surface area contributed by atoms with Crippen LogP contribution in [0.2, 0.25) is 0 Å². The van der Waals surface area contributed by atoms with Crippen molar-refractivity contribution in [3.8, 4) is 11.8 Å². The molecule has 1 aromatic carbocycles. The minimum absolute atomic E-state index is 0.0243. The molecule has 4 N–H and O–H groups in total. The van der Waals surface area contributed by atoms with Gasteiger partial charge in [0.15, 0.2) is 17.5 Å². The molecule has 26 atom stereocenters. The highest BCUT2D eigenvalue weighted by Gasteiger charge is 3.00. The Morgan fingerprint density at radius 1 is 0.901 bits per heavy atom. The number of cyclic esters (lactones) is 1. The van der Waals surface area contributed by atoms with E-state index in [1.807, 2.05) is 6.07 Å². The molecule has 2 aromatic rings. The van der Waals surface area contributed by atoms with Crippen LogP contribution in [0.3, 0.4) is 0 Å². The predicted octanol–water partition coefficient (Wildman–Crippen LogP) is 11.0. The van der Waals surface area contributed by atoms with Gasteiger partial charge in [-0.25, -0.2) is 4.79 Å². The lowest BCUT2D eigenvalue weighted by Crippen LogP contribution is -2.83. The number of fused-ring (bicyclic) bond motifs is 6. The second kappa shape index (κ2) is 19.7. The molecule has 7 aliphatic heterocycles. The first-order valence-corrected chi connectivity index (χ1v) is 36.8. The van der Waals surface area contributed by atoms with Gasteiger partial charge in [-0.1, -0.05) is 113 Å². The Morgan fingerprint density at radius 3 is 2.56 bits per heavy atom. The summed E-state index contributed by atoms with van der Waals surface area (Å²) in [4.78, 5) is 52.7. The van der Waals surface area contributed by atoms with Gasteiger partial charge in [0, 0.05) is 47.2 Å². The Bertz CT molecular complexity index is 3480. The minimum atomic E-state index is -1.57. The number of benzene rings is 1. The number of rotatable bonds is 11. The predicted molar refractivity (Wildman–Crippen MR) is 336 cm³/mol. The quantitative estimate of drug-likeness (QED) is 0.0723. The topological polar surface area (TPSA) is 181 Å². The van der Waals surface area contributed by atoms with Gasteiger partial charge in [0.2, 0.25) is 0 Å². The molecule has 91 heavy (non-hydrogen) atoms. The molecule has 14 fully saturated rings. The van der Waals surface area contributed by atoms with Crippen LogP contribution >= 0.6 is 0 Å². The number of nitrogens with one attached hydrogen (secondary N) is 1. The fraction of sp³-hybridized carbons (Fsp3) is 0.756. The molecule has 10 aliphatic carbocycles. The van der Waals surface area contributed by atoms with Crippen molar-refractivity contribution < 1.29 is 53.1 Å². The van der Waals surface area contributed by atoms with Crippen LogP contribution in [-0.4, -0.2) is 106 Å². The van der Waals surface area contributed by atoms with Crippen LogP contribution in [0, 0.1) is 128 Å². The van der Waals surface area contributed by atoms with Crippen molar-refractivity contribution in [2.45, 2.75) is 222 Å². The van der Waals surface area contributed by atoms with Crippen molar-refractivity contribution in [2.24, 2.45) is 116 Å². The van der Waals surface area contributed by atoms with Crippen LogP contribution in [0.1, 0.15) is 179 Å². The maximum absolute atomic E-state index is 17.8. The molecule has 13 nitrogen and oxygen atoms in total. The average molecular weight is 1240 g/mol. The maximum Gasteiger partial charge on any atom is 0.339 e. The molecule has 13 heteroatoms. The van der Waals surface area contributed by atoms with Crippen molar-refractivity contribution in [1.29, 1.82) is 0 Å². The molecule has 8 heterocycles. The number of epoxide rings is 1. The highest BCUT2D eigenvalue weighted by Crippen LogP contribution is 2.91. The zero-order chi connectivity index (χ0) is 61.6. The summed E-state index contributed by atoms with van der Waals surface area (Å²) >= 11 is 0. The van der Waals surface area contributed by atoms with E-state index in [1.54, 1.807) is 6.26 Å². The molecular formula is C78H98N2O11. The SMILES string of the molecule is CC(CC1C=C2CC3CC4(CCCC4)CC34CC3CC5(C)C6(c7ccoc7CC(C(O)CO)C7CCC8C(C=CN9CNCC89)C7)CC#CC7CCC(Cc8ccccc8)CC7C7(C(O)C(=O)C8C1(C)OC21C4C(=O)OCC81C37)C51OC1C(=O)O6)C1CCCCC1. The van der Waals surface area contributed by atoms with Crippen molar-refractivity contribution in [3.63, 3.8) is 0 Å². The first kappa shape index (κ1) is 58.1. The number of allylic oxidation sites excluding steroid dienone is 1. The molecule has 5 saturated heterocycles. The summed E-state index contributed by atoms with van der Waals surface area (Å²) in [5.74, 6) is 6.61. The molecule has 9 saturated carbocycles. The van der Waals surface area contributed by atoms with Gasteiger partial charge in [-0.05, 0) is 203 Å². The van der Waals surface area contributed by atoms with E-state index in [1.165, 1.54) is 56.1 Å². The number of Topliss-reactive ketones (excluding diaryl/α,β-unsaturated/α-hetero) is 1. The Balaban J connectivity index is 0.828. The lowest BCUT2D eigenvalue weighted by Gasteiger charge is -2.74. The molecule has 0 radical (unpaired) electrons. The summed E-state index contributed by atoms with van der Waals surface area (Å²) in [5.41, 5.74) is -6.09. The van der Waals surface area contributed by atoms with E-state index in [9.17, 15) is 10.2 Å². The third-order valence-corrected chi connectivity index (χ3v) is 31.7. The van der Waals surface area contributed by atoms with Gasteiger partial charge >= 0.3 is 11.9 Å². The van der Waals surface area contributed by atoms with E-state index in [0.29, 0.717) is 60.3 Å². The average Bonchev–Trinajstić information content (AvgIpc) is 1.43. The Kier molecular flexibility index (Phi) is 12.6. The summed E-state index contributed by atoms with van der Waals surface area (Å²) in [5, 5.41) is 41.9. The monoisotopic (exact) mass is 1240 g/mol. The smallest absolute Gasteiger partial charge is 0.339 e. The van der Waals surface area contributed by atoms with Crippen molar-refractivity contribution in [2.75, 3.05) is 26.4 Å².